The predicted molar refractivity (Wildman–Crippen MR) is 87.4 cm³/mol. The quantitative estimate of drug-likeness (QED) is 0.853. The summed E-state index contributed by atoms with van der Waals surface area (Å²) >= 11 is 0. The Labute approximate surface area is 144 Å². The first-order valence-electron chi connectivity index (χ1n) is 8.76. The second-order valence-electron chi connectivity index (χ2n) is 6.59. The molecule has 0 bridgehead atoms. The van der Waals surface area contributed by atoms with E-state index in [-0.39, 0.29) is 24.1 Å². The molecule has 0 N–H and O–H groups in total. The standard InChI is InChI=1S/C18H21FN2O4/c19-13-2-3-14-15(10-13)25-20-18(14)12-4-6-21(7-5-12)16(22)11-17-23-8-1-9-24-17/h2-3,10,12,17H,1,4-9,11H2. The van der Waals surface area contributed by atoms with E-state index in [0.717, 1.165) is 30.3 Å². The summed E-state index contributed by atoms with van der Waals surface area (Å²) < 4.78 is 29.4. The monoisotopic (exact) mass is 348 g/mol. The Hall–Kier alpha value is -1.99. The van der Waals surface area contributed by atoms with Crippen LogP contribution in [0.15, 0.2) is 22.7 Å². The van der Waals surface area contributed by atoms with Crippen molar-refractivity contribution in [2.45, 2.75) is 37.9 Å². The van der Waals surface area contributed by atoms with E-state index < -0.39 is 6.29 Å². The average molecular weight is 348 g/mol. The van der Waals surface area contributed by atoms with Crippen LogP contribution in [-0.2, 0) is 14.3 Å². The number of piperidine rings is 1. The highest BCUT2D eigenvalue weighted by Crippen LogP contribution is 2.33. The third-order valence-corrected chi connectivity index (χ3v) is 4.93. The molecule has 1 aromatic heterocycles. The van der Waals surface area contributed by atoms with Crippen LogP contribution in [0.4, 0.5) is 4.39 Å². The van der Waals surface area contributed by atoms with Gasteiger partial charge in [0.05, 0.1) is 25.3 Å². The zero-order chi connectivity index (χ0) is 17.2. The van der Waals surface area contributed by atoms with Gasteiger partial charge in [0.25, 0.3) is 0 Å². The summed E-state index contributed by atoms with van der Waals surface area (Å²) in [5.41, 5.74) is 1.33. The summed E-state index contributed by atoms with van der Waals surface area (Å²) in [6, 6.07) is 4.49. The minimum absolute atomic E-state index is 0.0671. The van der Waals surface area contributed by atoms with Crippen LogP contribution in [0.5, 0.6) is 0 Å². The summed E-state index contributed by atoms with van der Waals surface area (Å²) in [5.74, 6) is -0.0434. The first-order chi connectivity index (χ1) is 12.2. The second kappa shape index (κ2) is 7.09. The van der Waals surface area contributed by atoms with Gasteiger partial charge in [0.2, 0.25) is 5.91 Å². The van der Waals surface area contributed by atoms with E-state index in [1.54, 1.807) is 6.07 Å². The molecule has 25 heavy (non-hydrogen) atoms. The van der Waals surface area contributed by atoms with Gasteiger partial charge in [0.15, 0.2) is 11.9 Å². The van der Waals surface area contributed by atoms with Gasteiger partial charge in [-0.15, -0.1) is 0 Å². The van der Waals surface area contributed by atoms with Gasteiger partial charge in [0, 0.05) is 30.5 Å². The van der Waals surface area contributed by atoms with E-state index in [1.807, 2.05) is 4.90 Å². The number of nitrogens with zero attached hydrogens (tertiary/aromatic N) is 2. The highest BCUT2D eigenvalue weighted by Gasteiger charge is 2.29. The summed E-state index contributed by atoms with van der Waals surface area (Å²) in [4.78, 5) is 14.3. The van der Waals surface area contributed by atoms with E-state index in [4.69, 9.17) is 14.0 Å². The molecule has 0 saturated carbocycles. The molecule has 134 valence electrons. The van der Waals surface area contributed by atoms with E-state index in [9.17, 15) is 9.18 Å². The van der Waals surface area contributed by atoms with E-state index in [0.29, 0.717) is 31.9 Å². The fourth-order valence-corrected chi connectivity index (χ4v) is 3.55. The summed E-state index contributed by atoms with van der Waals surface area (Å²) in [6.07, 6.45) is 2.38. The highest BCUT2D eigenvalue weighted by molar-refractivity contribution is 5.80. The molecule has 2 aromatic rings. The lowest BCUT2D eigenvalue weighted by atomic mass is 9.91. The van der Waals surface area contributed by atoms with Crippen molar-refractivity contribution in [3.63, 3.8) is 0 Å². The number of benzene rings is 1. The van der Waals surface area contributed by atoms with Gasteiger partial charge in [-0.3, -0.25) is 4.79 Å². The van der Waals surface area contributed by atoms with Crippen LogP contribution in [0.25, 0.3) is 11.0 Å². The number of carbonyl (C=O) groups excluding carboxylic acids is 1. The van der Waals surface area contributed by atoms with Gasteiger partial charge in [-0.25, -0.2) is 4.39 Å². The number of carbonyl (C=O) groups is 1. The number of likely N-dealkylation sites (tertiary alicyclic amines) is 1. The molecular formula is C18H21FN2O4. The van der Waals surface area contributed by atoms with Crippen molar-refractivity contribution in [2.24, 2.45) is 0 Å². The Morgan fingerprint density at radius 1 is 1.24 bits per heavy atom. The van der Waals surface area contributed by atoms with Gasteiger partial charge < -0.3 is 18.9 Å². The topological polar surface area (TPSA) is 64.8 Å². The number of ether oxygens (including phenoxy) is 2. The minimum Gasteiger partial charge on any atom is -0.356 e. The van der Waals surface area contributed by atoms with Crippen LogP contribution in [-0.4, -0.2) is 48.6 Å². The fourth-order valence-electron chi connectivity index (χ4n) is 3.55. The number of fused-ring (bicyclic) bond motifs is 1. The second-order valence-corrected chi connectivity index (χ2v) is 6.59. The first kappa shape index (κ1) is 16.5. The van der Waals surface area contributed by atoms with E-state index in [1.165, 1.54) is 12.1 Å². The Morgan fingerprint density at radius 3 is 2.76 bits per heavy atom. The molecule has 6 nitrogen and oxygen atoms in total. The molecule has 1 aromatic carbocycles. The van der Waals surface area contributed by atoms with Crippen LogP contribution >= 0.6 is 0 Å². The third-order valence-electron chi connectivity index (χ3n) is 4.93. The SMILES string of the molecule is O=C(CC1OCCCO1)N1CCC(c2noc3cc(F)ccc23)CC1. The maximum Gasteiger partial charge on any atom is 0.227 e. The first-order valence-corrected chi connectivity index (χ1v) is 8.76. The maximum atomic E-state index is 13.3. The average Bonchev–Trinajstić information content (AvgIpc) is 3.05. The van der Waals surface area contributed by atoms with Crippen molar-refractivity contribution in [3.05, 3.63) is 29.7 Å². The lowest BCUT2D eigenvalue weighted by molar-refractivity contribution is -0.187. The molecule has 0 spiro atoms. The smallest absolute Gasteiger partial charge is 0.227 e. The largest absolute Gasteiger partial charge is 0.356 e. The lowest BCUT2D eigenvalue weighted by Gasteiger charge is -2.32. The van der Waals surface area contributed by atoms with Gasteiger partial charge in [-0.2, -0.15) is 0 Å². The van der Waals surface area contributed by atoms with Crippen molar-refractivity contribution < 1.29 is 23.2 Å². The van der Waals surface area contributed by atoms with Gasteiger partial charge in [-0.05, 0) is 31.4 Å². The van der Waals surface area contributed by atoms with Crippen LogP contribution in [0.2, 0.25) is 0 Å². The molecule has 0 unspecified atom stereocenters. The van der Waals surface area contributed by atoms with E-state index >= 15 is 0 Å². The van der Waals surface area contributed by atoms with Crippen LogP contribution in [0.3, 0.4) is 0 Å². The molecule has 4 rings (SSSR count). The molecule has 0 radical (unpaired) electrons. The normalized spacial score (nSPS) is 20.3. The van der Waals surface area contributed by atoms with E-state index in [2.05, 4.69) is 5.16 Å². The third kappa shape index (κ3) is 3.52. The molecule has 3 heterocycles. The molecule has 7 heteroatoms. The maximum absolute atomic E-state index is 13.3. The highest BCUT2D eigenvalue weighted by atomic mass is 19.1. The van der Waals surface area contributed by atoms with Crippen molar-refractivity contribution >= 4 is 16.9 Å². The Bertz CT molecular complexity index is 749. The van der Waals surface area contributed by atoms with Gasteiger partial charge in [0.1, 0.15) is 5.82 Å². The predicted octanol–water partition coefficient (Wildman–Crippen LogP) is 2.83. The van der Waals surface area contributed by atoms with Crippen molar-refractivity contribution in [3.8, 4) is 0 Å². The van der Waals surface area contributed by atoms with Gasteiger partial charge in [-0.1, -0.05) is 5.16 Å². The number of halogens is 1. The van der Waals surface area contributed by atoms with Crippen molar-refractivity contribution in [1.29, 1.82) is 0 Å². The van der Waals surface area contributed by atoms with Crippen LogP contribution in [0, 0.1) is 5.82 Å². The number of hydrogen-bond donors (Lipinski definition) is 0. The Balaban J connectivity index is 1.36. The number of rotatable bonds is 3. The molecule has 2 fully saturated rings. The van der Waals surface area contributed by atoms with Crippen molar-refractivity contribution in [2.75, 3.05) is 26.3 Å². The van der Waals surface area contributed by atoms with Crippen LogP contribution in [0.1, 0.15) is 37.3 Å². The Kier molecular flexibility index (Phi) is 4.67. The zero-order valence-corrected chi connectivity index (χ0v) is 13.9. The summed E-state index contributed by atoms with van der Waals surface area (Å²) in [5, 5.41) is 5.00. The number of amides is 1. The molecule has 2 saturated heterocycles. The minimum atomic E-state index is -0.409. The Morgan fingerprint density at radius 2 is 2.00 bits per heavy atom. The molecule has 1 amide bonds. The zero-order valence-electron chi connectivity index (χ0n) is 13.9. The number of hydrogen-bond acceptors (Lipinski definition) is 5. The molecule has 0 atom stereocenters. The van der Waals surface area contributed by atoms with Crippen molar-refractivity contribution in [1.82, 2.24) is 10.1 Å². The summed E-state index contributed by atoms with van der Waals surface area (Å²) in [7, 11) is 0. The molecule has 2 aliphatic rings. The summed E-state index contributed by atoms with van der Waals surface area (Å²) in [6.45, 7) is 2.65. The van der Waals surface area contributed by atoms with Crippen LogP contribution < -0.4 is 0 Å². The molecular weight excluding hydrogens is 327 g/mol. The number of aromatic nitrogens is 1. The molecule has 0 aliphatic carbocycles. The fraction of sp³-hybridized carbons (Fsp3) is 0.556. The lowest BCUT2D eigenvalue weighted by Crippen LogP contribution is -2.40. The van der Waals surface area contributed by atoms with Gasteiger partial charge >= 0.3 is 0 Å². The molecule has 2 aliphatic heterocycles.